The maximum absolute atomic E-state index is 12.6. The Bertz CT molecular complexity index is 819. The van der Waals surface area contributed by atoms with Gasteiger partial charge in [-0.25, -0.2) is 0 Å². The lowest BCUT2D eigenvalue weighted by molar-refractivity contribution is -0.153. The van der Waals surface area contributed by atoms with Gasteiger partial charge in [0.05, 0.1) is 24.7 Å². The second-order valence-corrected chi connectivity index (χ2v) is 6.98. The summed E-state index contributed by atoms with van der Waals surface area (Å²) in [6, 6.07) is 5.85. The number of hydrogen-bond acceptors (Lipinski definition) is 5. The number of carboxylic acid groups (broad SMARTS) is 1. The zero-order chi connectivity index (χ0) is 18.1. The topological polar surface area (TPSA) is 98.8 Å². The lowest BCUT2D eigenvalue weighted by Gasteiger charge is -2.42. The number of carbonyl (C=O) groups excluding carboxylic acids is 1. The van der Waals surface area contributed by atoms with Crippen LogP contribution in [0.25, 0.3) is 10.9 Å². The first-order chi connectivity index (χ1) is 12.6. The molecule has 8 heteroatoms. The van der Waals surface area contributed by atoms with E-state index in [1.807, 2.05) is 28.0 Å². The molecule has 1 unspecified atom stereocenters. The van der Waals surface area contributed by atoms with E-state index in [1.165, 1.54) is 0 Å². The highest BCUT2D eigenvalue weighted by Crippen LogP contribution is 2.28. The zero-order valence-corrected chi connectivity index (χ0v) is 14.5. The standard InChI is InChI=1S/C18H22N4O4/c23-16(10-13-1-2-14-11-19-20-15(14)9-13)21-4-6-22(7-5-21)18(17(24)25)3-8-26-12-18/h1-2,9,11H,3-8,10,12H2,(H,19,20)(H,24,25). The third-order valence-electron chi connectivity index (χ3n) is 5.50. The number of fused-ring (bicyclic) bond motifs is 1. The summed E-state index contributed by atoms with van der Waals surface area (Å²) in [4.78, 5) is 28.2. The van der Waals surface area contributed by atoms with Gasteiger partial charge in [-0.1, -0.05) is 12.1 Å². The van der Waals surface area contributed by atoms with Crippen molar-refractivity contribution in [2.24, 2.45) is 0 Å². The fraction of sp³-hybridized carbons (Fsp3) is 0.500. The van der Waals surface area contributed by atoms with Gasteiger partial charge in [0, 0.05) is 44.6 Å². The number of ether oxygens (including phenoxy) is 1. The second kappa shape index (κ2) is 6.69. The minimum absolute atomic E-state index is 0.0653. The molecular formula is C18H22N4O4. The first kappa shape index (κ1) is 17.0. The van der Waals surface area contributed by atoms with Crippen LogP contribution in [0.5, 0.6) is 0 Å². The molecule has 1 aromatic carbocycles. The average Bonchev–Trinajstić information content (AvgIpc) is 3.31. The number of carbonyl (C=O) groups is 2. The van der Waals surface area contributed by atoms with Gasteiger partial charge in [-0.2, -0.15) is 5.10 Å². The molecule has 2 N–H and O–H groups in total. The summed E-state index contributed by atoms with van der Waals surface area (Å²) in [6.07, 6.45) is 2.59. The second-order valence-electron chi connectivity index (χ2n) is 6.98. The molecule has 0 saturated carbocycles. The highest BCUT2D eigenvalue weighted by atomic mass is 16.5. The number of amides is 1. The summed E-state index contributed by atoms with van der Waals surface area (Å²) in [5.74, 6) is -0.766. The van der Waals surface area contributed by atoms with E-state index in [0.717, 1.165) is 16.5 Å². The molecule has 2 aliphatic heterocycles. The molecule has 0 radical (unpaired) electrons. The lowest BCUT2D eigenvalue weighted by atomic mass is 9.95. The Hall–Kier alpha value is -2.45. The molecule has 8 nitrogen and oxygen atoms in total. The van der Waals surface area contributed by atoms with E-state index in [2.05, 4.69) is 10.2 Å². The Morgan fingerprint density at radius 3 is 2.77 bits per heavy atom. The zero-order valence-electron chi connectivity index (χ0n) is 14.5. The van der Waals surface area contributed by atoms with Gasteiger partial charge in [-0.15, -0.1) is 0 Å². The third-order valence-corrected chi connectivity index (χ3v) is 5.50. The van der Waals surface area contributed by atoms with Crippen molar-refractivity contribution >= 4 is 22.8 Å². The van der Waals surface area contributed by atoms with Crippen molar-refractivity contribution in [2.45, 2.75) is 18.4 Å². The number of carboxylic acids is 1. The van der Waals surface area contributed by atoms with Crippen LogP contribution >= 0.6 is 0 Å². The summed E-state index contributed by atoms with van der Waals surface area (Å²) in [5.41, 5.74) is 0.936. The van der Waals surface area contributed by atoms with E-state index in [1.54, 1.807) is 6.20 Å². The molecule has 2 aliphatic rings. The van der Waals surface area contributed by atoms with Crippen LogP contribution in [-0.2, 0) is 20.7 Å². The minimum atomic E-state index is -0.930. The van der Waals surface area contributed by atoms with Gasteiger partial charge in [-0.3, -0.25) is 19.6 Å². The van der Waals surface area contributed by atoms with Crippen molar-refractivity contribution in [1.29, 1.82) is 0 Å². The Morgan fingerprint density at radius 1 is 1.27 bits per heavy atom. The van der Waals surface area contributed by atoms with E-state index in [-0.39, 0.29) is 12.5 Å². The quantitative estimate of drug-likeness (QED) is 0.826. The van der Waals surface area contributed by atoms with Crippen LogP contribution in [0.2, 0.25) is 0 Å². The van der Waals surface area contributed by atoms with Crippen LogP contribution in [0.1, 0.15) is 12.0 Å². The Labute approximate surface area is 150 Å². The molecule has 138 valence electrons. The fourth-order valence-electron chi connectivity index (χ4n) is 3.87. The number of hydrogen-bond donors (Lipinski definition) is 2. The van der Waals surface area contributed by atoms with Crippen LogP contribution in [-0.4, -0.2) is 81.9 Å². The number of aromatic nitrogens is 2. The van der Waals surface area contributed by atoms with E-state index < -0.39 is 11.5 Å². The molecule has 2 saturated heterocycles. The molecule has 2 aromatic rings. The largest absolute Gasteiger partial charge is 0.480 e. The predicted octanol–water partition coefficient (Wildman–Crippen LogP) is 0.493. The highest BCUT2D eigenvalue weighted by molar-refractivity contribution is 5.83. The van der Waals surface area contributed by atoms with Crippen LogP contribution in [0.4, 0.5) is 0 Å². The molecule has 4 rings (SSSR count). The van der Waals surface area contributed by atoms with Crippen LogP contribution in [0.15, 0.2) is 24.4 Å². The maximum atomic E-state index is 12.6. The Kier molecular flexibility index (Phi) is 4.37. The number of rotatable bonds is 4. The lowest BCUT2D eigenvalue weighted by Crippen LogP contribution is -2.62. The highest BCUT2D eigenvalue weighted by Gasteiger charge is 2.48. The number of aromatic amines is 1. The number of H-pyrrole nitrogens is 1. The van der Waals surface area contributed by atoms with Gasteiger partial charge in [0.1, 0.15) is 5.54 Å². The van der Waals surface area contributed by atoms with Crippen molar-refractivity contribution in [3.63, 3.8) is 0 Å². The molecule has 3 heterocycles. The van der Waals surface area contributed by atoms with E-state index in [4.69, 9.17) is 4.74 Å². The monoisotopic (exact) mass is 358 g/mol. The Morgan fingerprint density at radius 2 is 2.08 bits per heavy atom. The predicted molar refractivity (Wildman–Crippen MR) is 93.8 cm³/mol. The maximum Gasteiger partial charge on any atom is 0.326 e. The molecule has 0 spiro atoms. The number of benzene rings is 1. The summed E-state index contributed by atoms with van der Waals surface area (Å²) < 4.78 is 5.35. The summed E-state index contributed by atoms with van der Waals surface area (Å²) in [7, 11) is 0. The Balaban J connectivity index is 1.38. The number of aliphatic carboxylic acids is 1. The summed E-state index contributed by atoms with van der Waals surface area (Å²) in [6.45, 7) is 2.89. The molecule has 0 bridgehead atoms. The molecule has 1 amide bonds. The van der Waals surface area contributed by atoms with Crippen LogP contribution in [0.3, 0.4) is 0 Å². The van der Waals surface area contributed by atoms with Crippen molar-refractivity contribution in [3.05, 3.63) is 30.0 Å². The van der Waals surface area contributed by atoms with Gasteiger partial charge in [0.25, 0.3) is 0 Å². The number of nitrogens with zero attached hydrogens (tertiary/aromatic N) is 3. The first-order valence-corrected chi connectivity index (χ1v) is 8.84. The van der Waals surface area contributed by atoms with Gasteiger partial charge in [0.2, 0.25) is 5.91 Å². The first-order valence-electron chi connectivity index (χ1n) is 8.84. The van der Waals surface area contributed by atoms with Crippen molar-refractivity contribution in [1.82, 2.24) is 20.0 Å². The van der Waals surface area contributed by atoms with Gasteiger partial charge in [-0.05, 0) is 11.6 Å². The van der Waals surface area contributed by atoms with Gasteiger partial charge >= 0.3 is 5.97 Å². The average molecular weight is 358 g/mol. The molecule has 1 aromatic heterocycles. The molecule has 1 atom stereocenters. The molecule has 26 heavy (non-hydrogen) atoms. The van der Waals surface area contributed by atoms with Gasteiger partial charge < -0.3 is 14.7 Å². The van der Waals surface area contributed by atoms with Crippen LogP contribution < -0.4 is 0 Å². The van der Waals surface area contributed by atoms with Gasteiger partial charge in [0.15, 0.2) is 0 Å². The normalized spacial score (nSPS) is 24.2. The van der Waals surface area contributed by atoms with E-state index >= 15 is 0 Å². The molecular weight excluding hydrogens is 336 g/mol. The van der Waals surface area contributed by atoms with E-state index in [0.29, 0.717) is 45.6 Å². The van der Waals surface area contributed by atoms with Crippen molar-refractivity contribution < 1.29 is 19.4 Å². The third kappa shape index (κ3) is 2.95. The van der Waals surface area contributed by atoms with Crippen molar-refractivity contribution in [3.8, 4) is 0 Å². The van der Waals surface area contributed by atoms with E-state index in [9.17, 15) is 14.7 Å². The molecule has 0 aliphatic carbocycles. The number of piperazine rings is 1. The summed E-state index contributed by atoms with van der Waals surface area (Å²) in [5, 5.41) is 17.6. The summed E-state index contributed by atoms with van der Waals surface area (Å²) >= 11 is 0. The van der Waals surface area contributed by atoms with Crippen molar-refractivity contribution in [2.75, 3.05) is 39.4 Å². The fourth-order valence-corrected chi connectivity index (χ4v) is 3.87. The van der Waals surface area contributed by atoms with Crippen LogP contribution in [0, 0.1) is 0 Å². The SMILES string of the molecule is O=C(Cc1ccc2cn[nH]c2c1)N1CCN(C2(C(=O)O)CCOC2)CC1. The minimum Gasteiger partial charge on any atom is -0.480 e. The molecule has 2 fully saturated rings. The smallest absolute Gasteiger partial charge is 0.326 e. The number of nitrogens with one attached hydrogen (secondary N) is 1.